The van der Waals surface area contributed by atoms with E-state index in [0.29, 0.717) is 0 Å². The summed E-state index contributed by atoms with van der Waals surface area (Å²) in [5.41, 5.74) is 9.73. The Bertz CT molecular complexity index is 889. The number of hydrogen-bond donors (Lipinski definition) is 0. The lowest BCUT2D eigenvalue weighted by molar-refractivity contribution is 0.976. The number of rotatable bonds is 3. The molecule has 25 heavy (non-hydrogen) atoms. The van der Waals surface area contributed by atoms with Crippen molar-refractivity contribution < 1.29 is 0 Å². The maximum atomic E-state index is 2.39. The summed E-state index contributed by atoms with van der Waals surface area (Å²) in [4.78, 5) is 0. The van der Waals surface area contributed by atoms with Gasteiger partial charge in [-0.2, -0.15) is 0 Å². The van der Waals surface area contributed by atoms with Gasteiger partial charge in [0.1, 0.15) is 0 Å². The third-order valence-corrected chi connectivity index (χ3v) is 5.15. The van der Waals surface area contributed by atoms with Crippen LogP contribution in [0.15, 0.2) is 84.5 Å². The molecule has 0 nitrogen and oxygen atoms in total. The van der Waals surface area contributed by atoms with E-state index in [1.807, 2.05) is 0 Å². The van der Waals surface area contributed by atoms with Gasteiger partial charge in [0.2, 0.25) is 0 Å². The molecular weight excluding hydrogens is 300 g/mol. The molecule has 0 aliphatic heterocycles. The van der Waals surface area contributed by atoms with Crippen molar-refractivity contribution in [2.24, 2.45) is 0 Å². The summed E-state index contributed by atoms with van der Waals surface area (Å²) >= 11 is 0. The molecule has 4 rings (SSSR count). The predicted molar refractivity (Wildman–Crippen MR) is 109 cm³/mol. The zero-order valence-electron chi connectivity index (χ0n) is 14.8. The van der Waals surface area contributed by atoms with Crippen molar-refractivity contribution in [3.63, 3.8) is 0 Å². The van der Waals surface area contributed by atoms with Crippen LogP contribution in [0.2, 0.25) is 0 Å². The Labute approximate surface area is 150 Å². The molecule has 0 heteroatoms. The topological polar surface area (TPSA) is 0 Å². The number of allylic oxidation sites excluding steroid dienone is 8. The SMILES string of the molecule is CC1=CC=C(c2cc(C3=CC=CCC3)cc(-c3ccccc3)c2)CC1. The minimum atomic E-state index is 1.13. The molecule has 0 bridgehead atoms. The normalized spacial score (nSPS) is 16.9. The van der Waals surface area contributed by atoms with Crippen LogP contribution in [0, 0.1) is 0 Å². The van der Waals surface area contributed by atoms with Crippen LogP contribution < -0.4 is 0 Å². The van der Waals surface area contributed by atoms with Gasteiger partial charge in [0, 0.05) is 0 Å². The fourth-order valence-electron chi connectivity index (χ4n) is 3.62. The summed E-state index contributed by atoms with van der Waals surface area (Å²) in [6.07, 6.45) is 15.9. The molecule has 0 aromatic heterocycles. The van der Waals surface area contributed by atoms with Crippen LogP contribution in [0.1, 0.15) is 43.7 Å². The van der Waals surface area contributed by atoms with Crippen LogP contribution in [-0.4, -0.2) is 0 Å². The second-order valence-corrected chi connectivity index (χ2v) is 7.03. The standard InChI is InChI=1S/C25H24/c1-19-12-14-22(15-13-19)25-17-23(20-8-4-2-5-9-20)16-24(18-25)21-10-6-3-7-11-21/h2-6,8-10,12,14,16-18H,7,11,13,15H2,1H3. The molecule has 0 heterocycles. The van der Waals surface area contributed by atoms with Gasteiger partial charge in [-0.25, -0.2) is 0 Å². The van der Waals surface area contributed by atoms with Crippen molar-refractivity contribution in [2.45, 2.75) is 32.6 Å². The van der Waals surface area contributed by atoms with Crippen LogP contribution in [0.3, 0.4) is 0 Å². The minimum Gasteiger partial charge on any atom is -0.0842 e. The Morgan fingerprint density at radius 2 is 1.36 bits per heavy atom. The third kappa shape index (κ3) is 3.58. The van der Waals surface area contributed by atoms with Crippen molar-refractivity contribution in [2.75, 3.05) is 0 Å². The molecule has 0 spiro atoms. The Morgan fingerprint density at radius 3 is 2.00 bits per heavy atom. The van der Waals surface area contributed by atoms with Crippen LogP contribution in [0.4, 0.5) is 0 Å². The molecule has 2 aromatic carbocycles. The van der Waals surface area contributed by atoms with Gasteiger partial charge in [-0.05, 0) is 84.2 Å². The highest BCUT2D eigenvalue weighted by Crippen LogP contribution is 2.34. The molecule has 0 unspecified atom stereocenters. The highest BCUT2D eigenvalue weighted by Gasteiger charge is 2.12. The van der Waals surface area contributed by atoms with Crippen molar-refractivity contribution >= 4 is 11.1 Å². The number of benzene rings is 2. The second-order valence-electron chi connectivity index (χ2n) is 7.03. The molecule has 124 valence electrons. The Balaban J connectivity index is 1.83. The van der Waals surface area contributed by atoms with E-state index in [0.717, 1.165) is 19.3 Å². The molecule has 0 radical (unpaired) electrons. The zero-order valence-corrected chi connectivity index (χ0v) is 14.8. The van der Waals surface area contributed by atoms with Crippen LogP contribution >= 0.6 is 0 Å². The summed E-state index contributed by atoms with van der Waals surface area (Å²) in [6, 6.07) is 17.8. The van der Waals surface area contributed by atoms with Crippen molar-refractivity contribution in [3.8, 4) is 11.1 Å². The fourth-order valence-corrected chi connectivity index (χ4v) is 3.62. The monoisotopic (exact) mass is 324 g/mol. The lowest BCUT2D eigenvalue weighted by atomic mass is 9.87. The Hall–Kier alpha value is -2.60. The van der Waals surface area contributed by atoms with E-state index in [2.05, 4.69) is 85.8 Å². The molecule has 2 aromatic rings. The number of hydrogen-bond acceptors (Lipinski definition) is 0. The molecule has 0 saturated carbocycles. The van der Waals surface area contributed by atoms with E-state index in [1.54, 1.807) is 0 Å². The highest BCUT2D eigenvalue weighted by molar-refractivity contribution is 5.80. The predicted octanol–water partition coefficient (Wildman–Crippen LogP) is 7.21. The van der Waals surface area contributed by atoms with E-state index in [1.165, 1.54) is 45.4 Å². The summed E-state index contributed by atoms with van der Waals surface area (Å²) in [5.74, 6) is 0. The average molecular weight is 324 g/mol. The Kier molecular flexibility index (Phi) is 4.52. The largest absolute Gasteiger partial charge is 0.0842 e. The minimum absolute atomic E-state index is 1.13. The molecule has 0 saturated heterocycles. The van der Waals surface area contributed by atoms with Crippen LogP contribution in [0.25, 0.3) is 22.3 Å². The molecule has 2 aliphatic rings. The van der Waals surface area contributed by atoms with E-state index in [4.69, 9.17) is 0 Å². The quantitative estimate of drug-likeness (QED) is 0.559. The van der Waals surface area contributed by atoms with Gasteiger partial charge in [0.25, 0.3) is 0 Å². The van der Waals surface area contributed by atoms with Gasteiger partial charge in [-0.3, -0.25) is 0 Å². The van der Waals surface area contributed by atoms with Gasteiger partial charge in [-0.15, -0.1) is 0 Å². The zero-order chi connectivity index (χ0) is 17.1. The fraction of sp³-hybridized carbons (Fsp3) is 0.200. The van der Waals surface area contributed by atoms with Crippen molar-refractivity contribution in [3.05, 3.63) is 95.6 Å². The van der Waals surface area contributed by atoms with Gasteiger partial charge in [-0.1, -0.05) is 66.3 Å². The lowest BCUT2D eigenvalue weighted by Crippen LogP contribution is -1.96. The van der Waals surface area contributed by atoms with Gasteiger partial charge < -0.3 is 0 Å². The van der Waals surface area contributed by atoms with Gasteiger partial charge >= 0.3 is 0 Å². The summed E-state index contributed by atoms with van der Waals surface area (Å²) in [5, 5.41) is 0. The summed E-state index contributed by atoms with van der Waals surface area (Å²) in [7, 11) is 0. The molecular formula is C25H24. The maximum absolute atomic E-state index is 2.39. The average Bonchev–Trinajstić information content (AvgIpc) is 2.69. The van der Waals surface area contributed by atoms with Gasteiger partial charge in [0.15, 0.2) is 0 Å². The molecule has 2 aliphatic carbocycles. The van der Waals surface area contributed by atoms with E-state index < -0.39 is 0 Å². The van der Waals surface area contributed by atoms with Crippen molar-refractivity contribution in [1.82, 2.24) is 0 Å². The van der Waals surface area contributed by atoms with Crippen LogP contribution in [-0.2, 0) is 0 Å². The highest BCUT2D eigenvalue weighted by atomic mass is 14.2. The van der Waals surface area contributed by atoms with Crippen LogP contribution in [0.5, 0.6) is 0 Å². The Morgan fingerprint density at radius 1 is 0.640 bits per heavy atom. The lowest BCUT2D eigenvalue weighted by Gasteiger charge is -2.17. The first-order valence-corrected chi connectivity index (χ1v) is 9.23. The van der Waals surface area contributed by atoms with Crippen molar-refractivity contribution in [1.29, 1.82) is 0 Å². The first kappa shape index (κ1) is 15.9. The van der Waals surface area contributed by atoms with Gasteiger partial charge in [0.05, 0.1) is 0 Å². The summed E-state index contributed by atoms with van der Waals surface area (Å²) in [6.45, 7) is 2.22. The third-order valence-electron chi connectivity index (χ3n) is 5.15. The molecule has 0 atom stereocenters. The molecule has 0 N–H and O–H groups in total. The van der Waals surface area contributed by atoms with E-state index >= 15 is 0 Å². The first-order chi connectivity index (χ1) is 12.3. The smallest absolute Gasteiger partial charge is 0.0172 e. The molecule has 0 amide bonds. The second kappa shape index (κ2) is 7.11. The van der Waals surface area contributed by atoms with E-state index in [9.17, 15) is 0 Å². The van der Waals surface area contributed by atoms with E-state index in [-0.39, 0.29) is 0 Å². The summed E-state index contributed by atoms with van der Waals surface area (Å²) < 4.78 is 0. The maximum Gasteiger partial charge on any atom is -0.0172 e. The first-order valence-electron chi connectivity index (χ1n) is 9.23. The molecule has 0 fully saturated rings.